The van der Waals surface area contributed by atoms with E-state index in [1.807, 2.05) is 6.92 Å². The van der Waals surface area contributed by atoms with E-state index in [2.05, 4.69) is 46.4 Å². The fraction of sp³-hybridized carbons (Fsp3) is 0.500. The summed E-state index contributed by atoms with van der Waals surface area (Å²) >= 11 is 0. The van der Waals surface area contributed by atoms with Crippen LogP contribution in [-0.2, 0) is 4.79 Å². The highest BCUT2D eigenvalue weighted by Crippen LogP contribution is 2.21. The third-order valence-corrected chi connectivity index (χ3v) is 3.84. The predicted molar refractivity (Wildman–Crippen MR) is 76.8 cm³/mol. The van der Waals surface area contributed by atoms with Gasteiger partial charge in [-0.15, -0.1) is 0 Å². The molecule has 3 N–H and O–H groups in total. The lowest BCUT2D eigenvalue weighted by molar-refractivity contribution is -0.126. The minimum Gasteiger partial charge on any atom is -0.369 e. The standard InChI is InChI=1S/C14H22N4O/c1-11-5-3-4-6-13(11)18-9-7-17(8-10-18)12(2)14(19)16-15/h3-6,12H,7-10,15H2,1-2H3,(H,16,19). The maximum Gasteiger partial charge on any atom is 0.250 e. The Morgan fingerprint density at radius 2 is 1.89 bits per heavy atom. The molecule has 1 aliphatic rings. The van der Waals surface area contributed by atoms with Crippen molar-refractivity contribution in [2.45, 2.75) is 19.9 Å². The summed E-state index contributed by atoms with van der Waals surface area (Å²) in [6.07, 6.45) is 0. The minimum absolute atomic E-state index is 0.121. The number of rotatable bonds is 3. The number of hydrogen-bond donors (Lipinski definition) is 2. The van der Waals surface area contributed by atoms with Crippen LogP contribution in [0.1, 0.15) is 12.5 Å². The first kappa shape index (κ1) is 13.8. The maximum absolute atomic E-state index is 11.5. The molecule has 1 amide bonds. The number of amides is 1. The van der Waals surface area contributed by atoms with Crippen molar-refractivity contribution in [3.05, 3.63) is 29.8 Å². The van der Waals surface area contributed by atoms with Crippen molar-refractivity contribution >= 4 is 11.6 Å². The Hall–Kier alpha value is -1.59. The van der Waals surface area contributed by atoms with Crippen LogP contribution in [0, 0.1) is 6.92 Å². The summed E-state index contributed by atoms with van der Waals surface area (Å²) in [6, 6.07) is 8.25. The number of nitrogens with one attached hydrogen (secondary N) is 1. The van der Waals surface area contributed by atoms with Gasteiger partial charge in [-0.3, -0.25) is 15.1 Å². The smallest absolute Gasteiger partial charge is 0.250 e. The van der Waals surface area contributed by atoms with Crippen molar-refractivity contribution in [2.75, 3.05) is 31.1 Å². The van der Waals surface area contributed by atoms with Gasteiger partial charge in [0.25, 0.3) is 5.91 Å². The normalized spacial score (nSPS) is 18.2. The molecule has 0 aliphatic carbocycles. The molecule has 1 unspecified atom stereocenters. The molecule has 1 saturated heterocycles. The number of hydrogen-bond acceptors (Lipinski definition) is 4. The number of hydrazine groups is 1. The molecule has 5 nitrogen and oxygen atoms in total. The Labute approximate surface area is 114 Å². The zero-order valence-corrected chi connectivity index (χ0v) is 11.6. The van der Waals surface area contributed by atoms with Crippen LogP contribution in [0.4, 0.5) is 5.69 Å². The average Bonchev–Trinajstić information content (AvgIpc) is 2.46. The summed E-state index contributed by atoms with van der Waals surface area (Å²) in [5, 5.41) is 0. The fourth-order valence-corrected chi connectivity index (χ4v) is 2.55. The van der Waals surface area contributed by atoms with Gasteiger partial charge >= 0.3 is 0 Å². The van der Waals surface area contributed by atoms with Gasteiger partial charge in [0.05, 0.1) is 6.04 Å². The fourth-order valence-electron chi connectivity index (χ4n) is 2.55. The minimum atomic E-state index is -0.163. The Balaban J connectivity index is 1.96. The number of para-hydroxylation sites is 1. The van der Waals surface area contributed by atoms with E-state index in [-0.39, 0.29) is 11.9 Å². The van der Waals surface area contributed by atoms with Gasteiger partial charge in [-0.2, -0.15) is 0 Å². The van der Waals surface area contributed by atoms with Gasteiger partial charge in [-0.05, 0) is 25.5 Å². The lowest BCUT2D eigenvalue weighted by atomic mass is 10.1. The van der Waals surface area contributed by atoms with E-state index in [0.717, 1.165) is 26.2 Å². The highest BCUT2D eigenvalue weighted by Gasteiger charge is 2.25. The van der Waals surface area contributed by atoms with Crippen LogP contribution < -0.4 is 16.2 Å². The predicted octanol–water partition coefficient (Wildman–Crippen LogP) is 0.495. The van der Waals surface area contributed by atoms with Crippen LogP contribution in [0.5, 0.6) is 0 Å². The second kappa shape index (κ2) is 6.04. The van der Waals surface area contributed by atoms with Crippen molar-refractivity contribution in [3.8, 4) is 0 Å². The highest BCUT2D eigenvalue weighted by molar-refractivity contribution is 5.80. The first-order chi connectivity index (χ1) is 9.13. The molecule has 0 bridgehead atoms. The van der Waals surface area contributed by atoms with Crippen molar-refractivity contribution < 1.29 is 4.79 Å². The van der Waals surface area contributed by atoms with Crippen molar-refractivity contribution in [1.82, 2.24) is 10.3 Å². The first-order valence-electron chi connectivity index (χ1n) is 6.68. The summed E-state index contributed by atoms with van der Waals surface area (Å²) in [6.45, 7) is 7.66. The second-order valence-corrected chi connectivity index (χ2v) is 4.99. The quantitative estimate of drug-likeness (QED) is 0.473. The van der Waals surface area contributed by atoms with Gasteiger partial charge in [0.2, 0.25) is 0 Å². The highest BCUT2D eigenvalue weighted by atomic mass is 16.2. The van der Waals surface area contributed by atoms with E-state index in [1.165, 1.54) is 11.3 Å². The van der Waals surface area contributed by atoms with E-state index in [0.29, 0.717) is 0 Å². The third-order valence-electron chi connectivity index (χ3n) is 3.84. The molecule has 1 aromatic rings. The maximum atomic E-state index is 11.5. The number of nitrogens with two attached hydrogens (primary N) is 1. The van der Waals surface area contributed by atoms with E-state index in [9.17, 15) is 4.79 Å². The third kappa shape index (κ3) is 3.05. The summed E-state index contributed by atoms with van der Waals surface area (Å²) in [5.74, 6) is 5.06. The molecule has 0 radical (unpaired) electrons. The number of benzene rings is 1. The summed E-state index contributed by atoms with van der Waals surface area (Å²) in [4.78, 5) is 16.1. The molecule has 1 aromatic carbocycles. The van der Waals surface area contributed by atoms with Crippen LogP contribution in [0.15, 0.2) is 24.3 Å². The zero-order valence-electron chi connectivity index (χ0n) is 11.6. The molecule has 0 aromatic heterocycles. The number of aryl methyl sites for hydroxylation is 1. The number of carbonyl (C=O) groups is 1. The molecule has 0 saturated carbocycles. The van der Waals surface area contributed by atoms with Crippen LogP contribution in [0.3, 0.4) is 0 Å². The summed E-state index contributed by atoms with van der Waals surface area (Å²) in [5.41, 5.74) is 4.80. The molecule has 5 heteroatoms. The topological polar surface area (TPSA) is 61.6 Å². The van der Waals surface area contributed by atoms with Gasteiger partial charge in [0.1, 0.15) is 0 Å². The van der Waals surface area contributed by atoms with E-state index in [1.54, 1.807) is 0 Å². The Bertz CT molecular complexity index is 441. The van der Waals surface area contributed by atoms with Gasteiger partial charge in [0, 0.05) is 31.9 Å². The lowest BCUT2D eigenvalue weighted by Crippen LogP contribution is -2.55. The molecule has 1 aliphatic heterocycles. The molecule has 0 spiro atoms. The molecule has 2 rings (SSSR count). The van der Waals surface area contributed by atoms with Crippen LogP contribution >= 0.6 is 0 Å². The molecule has 19 heavy (non-hydrogen) atoms. The van der Waals surface area contributed by atoms with Crippen LogP contribution in [0.2, 0.25) is 0 Å². The van der Waals surface area contributed by atoms with E-state index < -0.39 is 0 Å². The lowest BCUT2D eigenvalue weighted by Gasteiger charge is -2.38. The number of piperazine rings is 1. The Morgan fingerprint density at radius 1 is 1.26 bits per heavy atom. The second-order valence-electron chi connectivity index (χ2n) is 4.99. The van der Waals surface area contributed by atoms with Crippen molar-refractivity contribution in [1.29, 1.82) is 0 Å². The molecule has 104 valence electrons. The van der Waals surface area contributed by atoms with Gasteiger partial charge < -0.3 is 4.90 Å². The molecule has 1 atom stereocenters. The average molecular weight is 262 g/mol. The van der Waals surface area contributed by atoms with Gasteiger partial charge in [-0.25, -0.2) is 5.84 Å². The summed E-state index contributed by atoms with van der Waals surface area (Å²) < 4.78 is 0. The number of anilines is 1. The van der Waals surface area contributed by atoms with E-state index >= 15 is 0 Å². The monoisotopic (exact) mass is 262 g/mol. The SMILES string of the molecule is Cc1ccccc1N1CCN(C(C)C(=O)NN)CC1. The number of carbonyl (C=O) groups excluding carboxylic acids is 1. The Kier molecular flexibility index (Phi) is 4.39. The van der Waals surface area contributed by atoms with Gasteiger partial charge in [0.15, 0.2) is 0 Å². The van der Waals surface area contributed by atoms with E-state index in [4.69, 9.17) is 5.84 Å². The number of nitrogens with zero attached hydrogens (tertiary/aromatic N) is 2. The molecular weight excluding hydrogens is 240 g/mol. The molecular formula is C14H22N4O. The first-order valence-corrected chi connectivity index (χ1v) is 6.68. The van der Waals surface area contributed by atoms with Crippen LogP contribution in [0.25, 0.3) is 0 Å². The largest absolute Gasteiger partial charge is 0.369 e. The molecule has 1 heterocycles. The Morgan fingerprint density at radius 3 is 2.47 bits per heavy atom. The van der Waals surface area contributed by atoms with Crippen molar-refractivity contribution in [2.24, 2.45) is 5.84 Å². The summed E-state index contributed by atoms with van der Waals surface area (Å²) in [7, 11) is 0. The zero-order chi connectivity index (χ0) is 13.8. The molecule has 1 fully saturated rings. The van der Waals surface area contributed by atoms with Crippen molar-refractivity contribution in [3.63, 3.8) is 0 Å². The van der Waals surface area contributed by atoms with Crippen LogP contribution in [-0.4, -0.2) is 43.0 Å². The van der Waals surface area contributed by atoms with Gasteiger partial charge in [-0.1, -0.05) is 18.2 Å².